The number of hydrogen-bond donors (Lipinski definition) is 1. The molecule has 52 heavy (non-hydrogen) atoms. The van der Waals surface area contributed by atoms with E-state index in [1.807, 2.05) is 47.7 Å². The molecule has 0 saturated carbocycles. The van der Waals surface area contributed by atoms with E-state index in [4.69, 9.17) is 4.98 Å². The number of hydrogen-bond acceptors (Lipinski definition) is 3. The number of ketones is 1. The maximum atomic E-state index is 12.2. The molecule has 0 aliphatic rings. The van der Waals surface area contributed by atoms with Crippen molar-refractivity contribution in [3.63, 3.8) is 0 Å². The largest absolute Gasteiger partial charge is 0.512 e. The second-order valence-corrected chi connectivity index (χ2v) is 15.4. The number of aromatic nitrogens is 1. The molecule has 4 heteroatoms. The van der Waals surface area contributed by atoms with Crippen molar-refractivity contribution in [1.29, 1.82) is 0 Å². The molecule has 6 rings (SSSR count). The molecule has 0 saturated heterocycles. The van der Waals surface area contributed by atoms with Gasteiger partial charge in [0.25, 0.3) is 0 Å². The first kappa shape index (κ1) is 40.9. The first-order chi connectivity index (χ1) is 24.3. The van der Waals surface area contributed by atoms with E-state index < -0.39 is 0 Å². The van der Waals surface area contributed by atoms with Crippen molar-refractivity contribution < 1.29 is 30.0 Å². The zero-order valence-electron chi connectivity index (χ0n) is 32.8. The Morgan fingerprint density at radius 3 is 1.77 bits per heavy atom. The van der Waals surface area contributed by atoms with Gasteiger partial charge in [0, 0.05) is 43.2 Å². The van der Waals surface area contributed by atoms with E-state index in [0.29, 0.717) is 11.8 Å². The van der Waals surface area contributed by atoms with Crippen molar-refractivity contribution in [3.8, 4) is 11.3 Å². The fourth-order valence-corrected chi connectivity index (χ4v) is 6.85. The second kappa shape index (κ2) is 16.9. The van der Waals surface area contributed by atoms with E-state index in [1.165, 1.54) is 60.3 Å². The first-order valence-electron chi connectivity index (χ1n) is 19.0. The minimum atomic E-state index is -0.337. The van der Waals surface area contributed by atoms with E-state index in [0.717, 1.165) is 36.9 Å². The molecule has 1 aromatic heterocycles. The number of nitrogens with zero attached hydrogens (tertiary/aromatic N) is 1. The van der Waals surface area contributed by atoms with E-state index >= 15 is 0 Å². The summed E-state index contributed by atoms with van der Waals surface area (Å²) >= 11 is 0. The molecular formula is C48H56IrNO2-. The summed E-state index contributed by atoms with van der Waals surface area (Å²) in [6.45, 7) is 21.1. The van der Waals surface area contributed by atoms with Crippen molar-refractivity contribution in [2.24, 2.45) is 10.8 Å². The first-order valence-corrected chi connectivity index (χ1v) is 19.0. The summed E-state index contributed by atoms with van der Waals surface area (Å²) in [5.41, 5.74) is 4.09. The zero-order chi connectivity index (χ0) is 37.1. The van der Waals surface area contributed by atoms with Gasteiger partial charge < -0.3 is 10.1 Å². The van der Waals surface area contributed by atoms with Crippen LogP contribution in [0.1, 0.15) is 118 Å². The molecule has 0 atom stereocenters. The van der Waals surface area contributed by atoms with E-state index in [-0.39, 0.29) is 42.5 Å². The van der Waals surface area contributed by atoms with Crippen LogP contribution in [-0.2, 0) is 24.9 Å². The number of fused-ring (bicyclic) bond motifs is 7. The van der Waals surface area contributed by atoms with E-state index in [2.05, 4.69) is 113 Å². The van der Waals surface area contributed by atoms with Gasteiger partial charge in [-0.15, -0.1) is 34.9 Å². The molecule has 0 amide bonds. The maximum Gasteiger partial charge on any atom is 0.164 e. The Labute approximate surface area is 325 Å². The molecule has 0 fully saturated rings. The zero-order valence-corrected chi connectivity index (χ0v) is 35.2. The van der Waals surface area contributed by atoms with E-state index in [9.17, 15) is 9.90 Å². The summed E-state index contributed by atoms with van der Waals surface area (Å²) in [6, 6.07) is 32.6. The number of aliphatic hydroxyl groups excluding tert-OH is 1. The summed E-state index contributed by atoms with van der Waals surface area (Å²) in [5.74, 6) is 1.17. The second-order valence-electron chi connectivity index (χ2n) is 15.4. The summed E-state index contributed by atoms with van der Waals surface area (Å²) in [7, 11) is 0. The number of carbonyl (C=O) groups excluding carboxylic acids is 1. The molecule has 1 heterocycles. The van der Waals surface area contributed by atoms with Crippen LogP contribution >= 0.6 is 0 Å². The molecule has 1 radical (unpaired) electrons. The van der Waals surface area contributed by atoms with Crippen LogP contribution in [0.5, 0.6) is 0 Å². The number of carbonyl (C=O) groups is 1. The predicted molar refractivity (Wildman–Crippen MR) is 220 cm³/mol. The quantitative estimate of drug-likeness (QED) is 0.0646. The van der Waals surface area contributed by atoms with Gasteiger partial charge in [-0.25, -0.2) is 0 Å². The fraction of sp³-hybridized carbons (Fsp3) is 0.375. The predicted octanol–water partition coefficient (Wildman–Crippen LogP) is 14.1. The Morgan fingerprint density at radius 1 is 0.692 bits per heavy atom. The Hall–Kier alpha value is -3.85. The minimum absolute atomic E-state index is 0. The van der Waals surface area contributed by atoms with Gasteiger partial charge in [0.05, 0.1) is 0 Å². The molecule has 275 valence electrons. The van der Waals surface area contributed by atoms with Gasteiger partial charge in [-0.2, -0.15) is 0 Å². The average Bonchev–Trinajstić information content (AvgIpc) is 3.16. The topological polar surface area (TPSA) is 50.2 Å². The van der Waals surface area contributed by atoms with Crippen LogP contribution in [0.15, 0.2) is 96.9 Å². The standard InChI is InChI=1S/C33H28N.C15H28O2.Ir/c1-20(2)23-17-24(21(3)4)19-25(18-23)33-32-14-13-29-28-10-9-22-7-5-6-8-26(22)27(28)11-12-30(29)31(32)15-16-34-33;1-7-14(5,8-2)12(16)11-13(17)15(6,9-3)10-4;/h5-18,20-21H,1-4H3;11,16H,7-10H2,1-6H3;/q-1;;/b;12-11-;. The van der Waals surface area contributed by atoms with Crippen LogP contribution in [0.2, 0.25) is 0 Å². The molecule has 0 unspecified atom stereocenters. The molecule has 0 aliphatic heterocycles. The van der Waals surface area contributed by atoms with Crippen LogP contribution < -0.4 is 0 Å². The molecule has 0 spiro atoms. The minimum Gasteiger partial charge on any atom is -0.512 e. The van der Waals surface area contributed by atoms with Gasteiger partial charge in [-0.1, -0.05) is 130 Å². The summed E-state index contributed by atoms with van der Waals surface area (Å²) in [4.78, 5) is 17.0. The molecule has 0 bridgehead atoms. The van der Waals surface area contributed by atoms with Crippen LogP contribution in [0.4, 0.5) is 0 Å². The van der Waals surface area contributed by atoms with Crippen molar-refractivity contribution in [2.75, 3.05) is 0 Å². The number of rotatable bonds is 10. The molecule has 0 aliphatic carbocycles. The summed E-state index contributed by atoms with van der Waals surface area (Å²) in [5, 5.41) is 20.3. The molecule has 6 aromatic rings. The van der Waals surface area contributed by atoms with Gasteiger partial charge in [0.15, 0.2) is 5.78 Å². The molecular weight excluding hydrogens is 815 g/mol. The third-order valence-corrected chi connectivity index (χ3v) is 11.7. The monoisotopic (exact) mass is 871 g/mol. The third-order valence-electron chi connectivity index (χ3n) is 11.7. The van der Waals surface area contributed by atoms with Crippen molar-refractivity contribution in [2.45, 2.75) is 107 Å². The molecule has 1 N–H and O–H groups in total. The van der Waals surface area contributed by atoms with Gasteiger partial charge in [0.1, 0.15) is 5.76 Å². The van der Waals surface area contributed by atoms with Gasteiger partial charge >= 0.3 is 0 Å². The number of allylic oxidation sites excluding steroid dienone is 2. The average molecular weight is 871 g/mol. The summed E-state index contributed by atoms with van der Waals surface area (Å²) < 4.78 is 0. The van der Waals surface area contributed by atoms with Crippen LogP contribution in [0, 0.1) is 16.9 Å². The third kappa shape index (κ3) is 8.04. The number of benzene rings is 5. The van der Waals surface area contributed by atoms with Crippen LogP contribution in [-0.4, -0.2) is 15.9 Å². The van der Waals surface area contributed by atoms with Gasteiger partial charge in [0.2, 0.25) is 0 Å². The van der Waals surface area contributed by atoms with Gasteiger partial charge in [-0.3, -0.25) is 4.79 Å². The Bertz CT molecular complexity index is 2190. The Kier molecular flexibility index (Phi) is 13.3. The van der Waals surface area contributed by atoms with E-state index in [1.54, 1.807) is 0 Å². The van der Waals surface area contributed by atoms with Crippen LogP contribution in [0.3, 0.4) is 0 Å². The maximum absolute atomic E-state index is 12.2. The normalized spacial score (nSPS) is 12.4. The molecule has 3 nitrogen and oxygen atoms in total. The van der Waals surface area contributed by atoms with Crippen molar-refractivity contribution in [1.82, 2.24) is 4.98 Å². The fourth-order valence-electron chi connectivity index (χ4n) is 6.85. The smallest absolute Gasteiger partial charge is 0.164 e. The summed E-state index contributed by atoms with van der Waals surface area (Å²) in [6.07, 6.45) is 6.71. The Balaban J connectivity index is 0.000000289. The van der Waals surface area contributed by atoms with Crippen LogP contribution in [0.25, 0.3) is 54.3 Å². The molecule has 5 aromatic carbocycles. The Morgan fingerprint density at radius 2 is 1.21 bits per heavy atom. The van der Waals surface area contributed by atoms with Crippen molar-refractivity contribution >= 4 is 48.9 Å². The number of aliphatic hydroxyl groups is 1. The number of pyridine rings is 1. The van der Waals surface area contributed by atoms with Gasteiger partial charge in [-0.05, 0) is 92.4 Å². The van der Waals surface area contributed by atoms with Crippen molar-refractivity contribution in [3.05, 3.63) is 114 Å². The SMILES string of the molecule is CC(C)c1[c-]c(-c2nccc3c2ccc2c3ccc3c4ccccc4ccc32)cc(C(C)C)c1.CCC(C)(CC)C(=O)/C=C(\O)C(C)(CC)CC.[Ir].